The SMILES string of the molecule is Cc1ccc(-c2nc(-c3cnn(C)c3)ccc2OC(O)C(C)(C)C)c(F)c1. The Bertz CT molecular complexity index is 960. The van der Waals surface area contributed by atoms with Gasteiger partial charge in [0.25, 0.3) is 0 Å². The second kappa shape index (κ2) is 7.12. The molecule has 0 saturated heterocycles. The Kier molecular flexibility index (Phi) is 5.02. The first-order valence-corrected chi connectivity index (χ1v) is 8.76. The van der Waals surface area contributed by atoms with Crippen LogP contribution in [0.15, 0.2) is 42.7 Å². The second-order valence-electron chi connectivity index (χ2n) is 7.77. The number of aryl methyl sites for hydroxylation is 2. The topological polar surface area (TPSA) is 60.2 Å². The van der Waals surface area contributed by atoms with Crippen LogP contribution in [0.3, 0.4) is 0 Å². The van der Waals surface area contributed by atoms with E-state index in [1.165, 1.54) is 6.07 Å². The van der Waals surface area contributed by atoms with E-state index in [-0.39, 0.29) is 5.82 Å². The van der Waals surface area contributed by atoms with Crippen molar-refractivity contribution in [2.45, 2.75) is 34.0 Å². The molecule has 0 aliphatic carbocycles. The summed E-state index contributed by atoms with van der Waals surface area (Å²) in [5, 5.41) is 14.5. The zero-order chi connectivity index (χ0) is 19.8. The van der Waals surface area contributed by atoms with Gasteiger partial charge < -0.3 is 9.84 Å². The van der Waals surface area contributed by atoms with Crippen molar-refractivity contribution in [2.24, 2.45) is 12.5 Å². The Morgan fingerprint density at radius 2 is 1.93 bits per heavy atom. The fraction of sp³-hybridized carbons (Fsp3) is 0.333. The molecule has 2 aromatic heterocycles. The molecule has 0 saturated carbocycles. The van der Waals surface area contributed by atoms with Crippen molar-refractivity contribution in [3.8, 4) is 28.3 Å². The normalized spacial score (nSPS) is 12.9. The molecule has 0 amide bonds. The molecule has 0 spiro atoms. The maximum Gasteiger partial charge on any atom is 0.202 e. The van der Waals surface area contributed by atoms with Gasteiger partial charge in [-0.1, -0.05) is 26.8 Å². The van der Waals surface area contributed by atoms with E-state index in [2.05, 4.69) is 10.1 Å². The third-order valence-corrected chi connectivity index (χ3v) is 4.22. The van der Waals surface area contributed by atoms with Crippen molar-refractivity contribution in [3.63, 3.8) is 0 Å². The van der Waals surface area contributed by atoms with E-state index < -0.39 is 11.7 Å². The Morgan fingerprint density at radius 3 is 2.52 bits per heavy atom. The van der Waals surface area contributed by atoms with Crippen molar-refractivity contribution in [2.75, 3.05) is 0 Å². The van der Waals surface area contributed by atoms with Crippen LogP contribution in [-0.2, 0) is 7.05 Å². The van der Waals surface area contributed by atoms with Gasteiger partial charge in [-0.15, -0.1) is 0 Å². The molecule has 1 N–H and O–H groups in total. The van der Waals surface area contributed by atoms with Crippen molar-refractivity contribution in [1.82, 2.24) is 14.8 Å². The quantitative estimate of drug-likeness (QED) is 0.695. The smallest absolute Gasteiger partial charge is 0.202 e. The lowest BCUT2D eigenvalue weighted by Gasteiger charge is -2.27. The highest BCUT2D eigenvalue weighted by Crippen LogP contribution is 2.35. The molecule has 0 aliphatic heterocycles. The molecule has 6 heteroatoms. The standard InChI is InChI=1S/C21H24FN3O2/c1-13-6-7-15(16(22)10-13)19-18(27-20(26)21(2,3)4)9-8-17(24-19)14-11-23-25(5)12-14/h6-12,20,26H,1-5H3. The van der Waals surface area contributed by atoms with Crippen LogP contribution in [0.5, 0.6) is 5.75 Å². The van der Waals surface area contributed by atoms with Crippen LogP contribution in [0.2, 0.25) is 0 Å². The predicted octanol–water partition coefficient (Wildman–Crippen LogP) is 4.34. The van der Waals surface area contributed by atoms with Crippen molar-refractivity contribution >= 4 is 0 Å². The Hall–Kier alpha value is -2.73. The molecule has 3 aromatic rings. The molecule has 3 rings (SSSR count). The molecule has 0 bridgehead atoms. The third-order valence-electron chi connectivity index (χ3n) is 4.22. The molecule has 5 nitrogen and oxygen atoms in total. The van der Waals surface area contributed by atoms with Crippen LogP contribution >= 0.6 is 0 Å². The Morgan fingerprint density at radius 1 is 1.19 bits per heavy atom. The molecule has 1 atom stereocenters. The van der Waals surface area contributed by atoms with E-state index in [9.17, 15) is 9.50 Å². The van der Waals surface area contributed by atoms with E-state index in [0.717, 1.165) is 11.1 Å². The van der Waals surface area contributed by atoms with Gasteiger partial charge in [-0.3, -0.25) is 4.68 Å². The molecule has 1 unspecified atom stereocenters. The summed E-state index contributed by atoms with van der Waals surface area (Å²) < 4.78 is 22.1. The highest BCUT2D eigenvalue weighted by molar-refractivity contribution is 5.71. The highest BCUT2D eigenvalue weighted by atomic mass is 19.1. The lowest BCUT2D eigenvalue weighted by Crippen LogP contribution is -2.31. The van der Waals surface area contributed by atoms with Gasteiger partial charge in [0.15, 0.2) is 0 Å². The predicted molar refractivity (Wildman–Crippen MR) is 103 cm³/mol. The number of nitrogens with zero attached hydrogens (tertiary/aromatic N) is 3. The number of hydrogen-bond donors (Lipinski definition) is 1. The molecule has 0 radical (unpaired) electrons. The fourth-order valence-electron chi connectivity index (χ4n) is 2.56. The summed E-state index contributed by atoms with van der Waals surface area (Å²) >= 11 is 0. The van der Waals surface area contributed by atoms with Crippen LogP contribution in [-0.4, -0.2) is 26.2 Å². The van der Waals surface area contributed by atoms with Gasteiger partial charge in [-0.25, -0.2) is 9.37 Å². The van der Waals surface area contributed by atoms with E-state index in [0.29, 0.717) is 22.7 Å². The van der Waals surface area contributed by atoms with Gasteiger partial charge in [-0.2, -0.15) is 5.10 Å². The minimum absolute atomic E-state index is 0.322. The number of benzene rings is 1. The maximum atomic E-state index is 14.7. The lowest BCUT2D eigenvalue weighted by atomic mass is 9.96. The Balaban J connectivity index is 2.12. The highest BCUT2D eigenvalue weighted by Gasteiger charge is 2.26. The number of aliphatic hydroxyl groups excluding tert-OH is 1. The number of rotatable bonds is 4. The first-order chi connectivity index (χ1) is 12.6. The van der Waals surface area contributed by atoms with E-state index in [1.54, 1.807) is 29.1 Å². The van der Waals surface area contributed by atoms with Crippen LogP contribution in [0, 0.1) is 18.2 Å². The first-order valence-electron chi connectivity index (χ1n) is 8.76. The molecule has 0 aliphatic rings. The molecular weight excluding hydrogens is 345 g/mol. The van der Waals surface area contributed by atoms with Crippen molar-refractivity contribution in [3.05, 3.63) is 54.1 Å². The van der Waals surface area contributed by atoms with Crippen LogP contribution < -0.4 is 4.74 Å². The van der Waals surface area contributed by atoms with E-state index in [1.807, 2.05) is 47.0 Å². The zero-order valence-electron chi connectivity index (χ0n) is 16.2. The van der Waals surface area contributed by atoms with Crippen LogP contribution in [0.25, 0.3) is 22.5 Å². The third kappa shape index (κ3) is 4.17. The fourth-order valence-corrected chi connectivity index (χ4v) is 2.56. The summed E-state index contributed by atoms with van der Waals surface area (Å²) in [4.78, 5) is 4.62. The maximum absolute atomic E-state index is 14.7. The van der Waals surface area contributed by atoms with Gasteiger partial charge in [-0.05, 0) is 36.8 Å². The molecule has 0 fully saturated rings. The van der Waals surface area contributed by atoms with Crippen molar-refractivity contribution < 1.29 is 14.2 Å². The summed E-state index contributed by atoms with van der Waals surface area (Å²) in [5.74, 6) is -0.0613. The molecule has 2 heterocycles. The second-order valence-corrected chi connectivity index (χ2v) is 7.77. The number of pyridine rings is 1. The number of aromatic nitrogens is 3. The molecule has 27 heavy (non-hydrogen) atoms. The summed E-state index contributed by atoms with van der Waals surface area (Å²) in [6.07, 6.45) is 2.47. The minimum Gasteiger partial charge on any atom is -0.462 e. The van der Waals surface area contributed by atoms with Crippen LogP contribution in [0.1, 0.15) is 26.3 Å². The molecule has 1 aromatic carbocycles. The van der Waals surface area contributed by atoms with E-state index >= 15 is 0 Å². The number of hydrogen-bond acceptors (Lipinski definition) is 4. The molecular formula is C21H24FN3O2. The minimum atomic E-state index is -1.06. The van der Waals surface area contributed by atoms with Gasteiger partial charge >= 0.3 is 0 Å². The number of ether oxygens (including phenoxy) is 1. The average Bonchev–Trinajstić information content (AvgIpc) is 3.01. The van der Waals surface area contributed by atoms with Gasteiger partial charge in [0, 0.05) is 29.8 Å². The van der Waals surface area contributed by atoms with Gasteiger partial charge in [0.2, 0.25) is 6.29 Å². The lowest BCUT2D eigenvalue weighted by molar-refractivity contribution is -0.0929. The van der Waals surface area contributed by atoms with Crippen LogP contribution in [0.4, 0.5) is 4.39 Å². The summed E-state index contributed by atoms with van der Waals surface area (Å²) in [7, 11) is 1.82. The molecule has 142 valence electrons. The summed E-state index contributed by atoms with van der Waals surface area (Å²) in [6, 6.07) is 8.44. The largest absolute Gasteiger partial charge is 0.462 e. The monoisotopic (exact) mass is 369 g/mol. The van der Waals surface area contributed by atoms with Crippen molar-refractivity contribution in [1.29, 1.82) is 0 Å². The number of aliphatic hydroxyl groups is 1. The number of halogens is 1. The summed E-state index contributed by atoms with van der Waals surface area (Å²) in [5.41, 5.74) is 2.45. The first kappa shape index (κ1) is 19.0. The summed E-state index contributed by atoms with van der Waals surface area (Å²) in [6.45, 7) is 7.41. The van der Waals surface area contributed by atoms with Gasteiger partial charge in [0.1, 0.15) is 17.3 Å². The Labute approximate surface area is 158 Å². The zero-order valence-corrected chi connectivity index (χ0v) is 16.2. The average molecular weight is 369 g/mol. The van der Waals surface area contributed by atoms with Gasteiger partial charge in [0.05, 0.1) is 11.9 Å². The van der Waals surface area contributed by atoms with E-state index in [4.69, 9.17) is 4.74 Å².